The van der Waals surface area contributed by atoms with Crippen molar-refractivity contribution in [3.8, 4) is 0 Å². The predicted molar refractivity (Wildman–Crippen MR) is 161 cm³/mol. The number of ether oxygens (including phenoxy) is 3. The number of hydrogen-bond donors (Lipinski definition) is 1. The van der Waals surface area contributed by atoms with Crippen LogP contribution in [0.15, 0.2) is 51.2 Å². The van der Waals surface area contributed by atoms with Crippen LogP contribution in [0.25, 0.3) is 10.4 Å². The van der Waals surface area contributed by atoms with Gasteiger partial charge in [0.05, 0.1) is 30.1 Å². The molecule has 0 aliphatic carbocycles. The molecule has 0 bridgehead atoms. The van der Waals surface area contributed by atoms with Gasteiger partial charge >= 0.3 is 25.5 Å². The molecule has 1 N–H and O–H groups in total. The maximum absolute atomic E-state index is 13.7. The Balaban J connectivity index is 1.79. The van der Waals surface area contributed by atoms with E-state index in [0.29, 0.717) is 17.0 Å². The molecule has 0 spiro atoms. The van der Waals surface area contributed by atoms with Crippen LogP contribution in [-0.2, 0) is 41.9 Å². The van der Waals surface area contributed by atoms with Gasteiger partial charge in [0.15, 0.2) is 18.4 Å². The largest absolute Gasteiger partial charge is 0.475 e. The van der Waals surface area contributed by atoms with E-state index in [1.165, 1.54) is 0 Å². The van der Waals surface area contributed by atoms with E-state index in [0.717, 1.165) is 16.8 Å². The number of nitrogens with one attached hydrogen (secondary N) is 1. The molecule has 250 valence electrons. The number of phosphoric acid groups is 1. The molecule has 0 radical (unpaired) electrons. The Morgan fingerprint density at radius 3 is 2.43 bits per heavy atom. The highest BCUT2D eigenvalue weighted by Gasteiger charge is 2.62. The zero-order valence-electron chi connectivity index (χ0n) is 26.0. The SMILES string of the molecule is CC(C)(C)C(=O)O[C@H]1[C@H](n2ccc(=O)[nH]c2=O)O[C@@](COP2(=O)OCC[C@@H](c3cccc(Cl)c3)O2)(N=[N+]=[N-])[C@H]1OC(=O)C(C)(C)C. The zero-order chi connectivity index (χ0) is 34.1. The summed E-state index contributed by atoms with van der Waals surface area (Å²) in [5, 5.41) is 4.17. The Hall–Kier alpha value is -3.49. The van der Waals surface area contributed by atoms with Gasteiger partial charge in [-0.3, -0.25) is 37.5 Å². The molecule has 6 atom stereocenters. The molecule has 16 nitrogen and oxygen atoms in total. The smallest absolute Gasteiger partial charge is 0.454 e. The fourth-order valence-corrected chi connectivity index (χ4v) is 6.06. The van der Waals surface area contributed by atoms with Crippen molar-refractivity contribution in [2.24, 2.45) is 15.9 Å². The van der Waals surface area contributed by atoms with Gasteiger partial charge in [-0.15, -0.1) is 0 Å². The first-order chi connectivity index (χ1) is 21.4. The number of carbonyl (C=O) groups is 2. The van der Waals surface area contributed by atoms with E-state index >= 15 is 0 Å². The van der Waals surface area contributed by atoms with Crippen LogP contribution in [0, 0.1) is 10.8 Å². The first kappa shape index (κ1) is 35.4. The number of esters is 2. The topological polar surface area (TPSA) is 210 Å². The van der Waals surface area contributed by atoms with E-state index < -0.39 is 78.7 Å². The highest BCUT2D eigenvalue weighted by molar-refractivity contribution is 7.48. The number of phosphoric ester groups is 1. The van der Waals surface area contributed by atoms with Gasteiger partial charge in [0.2, 0.25) is 5.72 Å². The number of benzene rings is 1. The van der Waals surface area contributed by atoms with Gasteiger partial charge in [-0.2, -0.15) is 0 Å². The average Bonchev–Trinajstić information content (AvgIpc) is 3.23. The molecular formula is C28H35ClN5O11P. The van der Waals surface area contributed by atoms with Crippen molar-refractivity contribution in [2.75, 3.05) is 13.2 Å². The third-order valence-electron chi connectivity index (χ3n) is 6.93. The first-order valence-corrected chi connectivity index (χ1v) is 16.0. The lowest BCUT2D eigenvalue weighted by Gasteiger charge is -2.34. The fraction of sp³-hybridized carbons (Fsp3) is 0.571. The molecular weight excluding hydrogens is 649 g/mol. The van der Waals surface area contributed by atoms with Crippen LogP contribution < -0.4 is 11.2 Å². The Kier molecular flexibility index (Phi) is 10.2. The second-order valence-electron chi connectivity index (χ2n) is 12.7. The number of azide groups is 1. The average molecular weight is 684 g/mol. The molecule has 2 aromatic rings. The maximum atomic E-state index is 13.7. The van der Waals surface area contributed by atoms with Gasteiger partial charge < -0.3 is 14.2 Å². The Labute approximate surface area is 268 Å². The predicted octanol–water partition coefficient (Wildman–Crippen LogP) is 4.94. The summed E-state index contributed by atoms with van der Waals surface area (Å²) in [5.74, 6) is -1.63. The molecule has 0 amide bonds. The van der Waals surface area contributed by atoms with Crippen LogP contribution in [-0.4, -0.2) is 52.6 Å². The number of nitrogens with zero attached hydrogens (tertiary/aromatic N) is 4. The molecule has 0 saturated carbocycles. The number of rotatable bonds is 8. The normalized spacial score (nSPS) is 28.2. The summed E-state index contributed by atoms with van der Waals surface area (Å²) >= 11 is 6.12. The molecule has 1 aromatic carbocycles. The number of carbonyl (C=O) groups excluding carboxylic acids is 2. The molecule has 2 fully saturated rings. The highest BCUT2D eigenvalue weighted by Crippen LogP contribution is 2.58. The molecule has 46 heavy (non-hydrogen) atoms. The number of hydrogen-bond acceptors (Lipinski definition) is 12. The number of halogens is 1. The van der Waals surface area contributed by atoms with Crippen molar-refractivity contribution in [1.82, 2.24) is 9.55 Å². The molecule has 1 aromatic heterocycles. The van der Waals surface area contributed by atoms with E-state index in [1.807, 2.05) is 0 Å². The summed E-state index contributed by atoms with van der Waals surface area (Å²) in [6.45, 7) is 8.37. The van der Waals surface area contributed by atoms with Crippen LogP contribution in [0.4, 0.5) is 0 Å². The summed E-state index contributed by atoms with van der Waals surface area (Å²) in [6.07, 6.45) is -4.45. The van der Waals surface area contributed by atoms with Crippen LogP contribution in [0.2, 0.25) is 5.02 Å². The minimum Gasteiger partial charge on any atom is -0.454 e. The van der Waals surface area contributed by atoms with Gasteiger partial charge in [-0.05, 0) is 64.8 Å². The minimum atomic E-state index is -4.41. The fourth-order valence-electron chi connectivity index (χ4n) is 4.45. The lowest BCUT2D eigenvalue weighted by Crippen LogP contribution is -2.50. The third kappa shape index (κ3) is 7.89. The lowest BCUT2D eigenvalue weighted by atomic mass is 9.96. The number of aromatic nitrogens is 2. The molecule has 1 unspecified atom stereocenters. The van der Waals surface area contributed by atoms with Gasteiger partial charge in [-0.1, -0.05) is 28.8 Å². The quantitative estimate of drug-likeness (QED) is 0.129. The summed E-state index contributed by atoms with van der Waals surface area (Å²) in [4.78, 5) is 56.1. The second kappa shape index (κ2) is 13.3. The van der Waals surface area contributed by atoms with Gasteiger partial charge in [0, 0.05) is 28.6 Å². The van der Waals surface area contributed by atoms with E-state index in [9.17, 15) is 29.3 Å². The molecule has 3 heterocycles. The summed E-state index contributed by atoms with van der Waals surface area (Å²) in [6, 6.07) is 7.71. The van der Waals surface area contributed by atoms with Crippen LogP contribution in [0.1, 0.15) is 65.9 Å². The van der Waals surface area contributed by atoms with Crippen molar-refractivity contribution < 1.29 is 41.9 Å². The number of aromatic amines is 1. The van der Waals surface area contributed by atoms with Crippen molar-refractivity contribution >= 4 is 31.4 Å². The lowest BCUT2D eigenvalue weighted by molar-refractivity contribution is -0.182. The first-order valence-electron chi connectivity index (χ1n) is 14.2. The summed E-state index contributed by atoms with van der Waals surface area (Å²) < 4.78 is 49.1. The summed E-state index contributed by atoms with van der Waals surface area (Å²) in [5.41, 5.74) is 3.94. The van der Waals surface area contributed by atoms with E-state index in [1.54, 1.807) is 65.8 Å². The van der Waals surface area contributed by atoms with Crippen molar-refractivity contribution in [3.05, 3.63) is 78.4 Å². The maximum Gasteiger partial charge on any atom is 0.475 e. The van der Waals surface area contributed by atoms with E-state index in [4.69, 9.17) is 39.4 Å². The Morgan fingerprint density at radius 2 is 1.83 bits per heavy atom. The van der Waals surface area contributed by atoms with E-state index in [-0.39, 0.29) is 6.61 Å². The molecule has 18 heteroatoms. The highest BCUT2D eigenvalue weighted by atomic mass is 35.5. The van der Waals surface area contributed by atoms with E-state index in [2.05, 4.69) is 15.0 Å². The molecule has 2 saturated heterocycles. The monoisotopic (exact) mass is 683 g/mol. The zero-order valence-corrected chi connectivity index (χ0v) is 27.6. The molecule has 4 rings (SSSR count). The third-order valence-corrected chi connectivity index (χ3v) is 8.62. The second-order valence-corrected chi connectivity index (χ2v) is 14.8. The minimum absolute atomic E-state index is 0.0481. The van der Waals surface area contributed by atoms with Gasteiger partial charge in [0.25, 0.3) is 5.56 Å². The molecule has 2 aliphatic rings. The van der Waals surface area contributed by atoms with Crippen LogP contribution in [0.5, 0.6) is 0 Å². The number of H-pyrrole nitrogens is 1. The van der Waals surface area contributed by atoms with Crippen LogP contribution >= 0.6 is 19.4 Å². The van der Waals surface area contributed by atoms with Crippen molar-refractivity contribution in [3.63, 3.8) is 0 Å². The Bertz CT molecular complexity index is 1690. The summed E-state index contributed by atoms with van der Waals surface area (Å²) in [7, 11) is -4.41. The van der Waals surface area contributed by atoms with Crippen molar-refractivity contribution in [2.45, 2.75) is 78.2 Å². The van der Waals surface area contributed by atoms with Gasteiger partial charge in [-0.25, -0.2) is 9.36 Å². The van der Waals surface area contributed by atoms with Crippen LogP contribution in [0.3, 0.4) is 0 Å². The van der Waals surface area contributed by atoms with Crippen molar-refractivity contribution in [1.29, 1.82) is 0 Å². The Morgan fingerprint density at radius 1 is 1.15 bits per heavy atom. The molecule has 2 aliphatic heterocycles. The van der Waals surface area contributed by atoms with Gasteiger partial charge in [0.1, 0.15) is 0 Å². The standard InChI is InChI=1S/C28H35ClN5O11P/c1-26(2,3)23(36)42-20-21(43-24(37)27(4,5)6)28(32-33-30,44-22(20)34-12-10-19(35)31-25(34)38)15-41-46(39)40-13-11-18(45-46)16-8-7-9-17(29)14-16/h7-10,12,14,18,20-22H,11,13,15H2,1-6H3,(H,31,35,38)/t18-,20+,21-,22+,28+,46?/m0/s1.